The molecule has 6 nitrogen and oxygen atoms in total. The second kappa shape index (κ2) is 5.92. The summed E-state index contributed by atoms with van der Waals surface area (Å²) in [4.78, 5) is 15.4. The Morgan fingerprint density at radius 2 is 2.04 bits per heavy atom. The molecular formula is C14H13F3N2O4. The minimum atomic E-state index is -5.13. The number of aromatic nitrogens is 1. The molecule has 0 saturated carbocycles. The lowest BCUT2D eigenvalue weighted by molar-refractivity contribution is -0.272. The molecule has 0 fully saturated rings. The lowest BCUT2D eigenvalue weighted by Crippen LogP contribution is -2.44. The Morgan fingerprint density at radius 1 is 1.35 bits per heavy atom. The number of nitrogens with one attached hydrogen (secondary N) is 1. The van der Waals surface area contributed by atoms with Crippen molar-refractivity contribution in [1.29, 1.82) is 0 Å². The summed E-state index contributed by atoms with van der Waals surface area (Å²) in [5.74, 6) is -2.18. The lowest BCUT2D eigenvalue weighted by Gasteiger charge is -2.28. The third-order valence-corrected chi connectivity index (χ3v) is 3.11. The van der Waals surface area contributed by atoms with E-state index in [4.69, 9.17) is 4.42 Å². The number of alkyl halides is 3. The number of aromatic hydroxyl groups is 1. The van der Waals surface area contributed by atoms with Gasteiger partial charge in [0.2, 0.25) is 11.5 Å². The van der Waals surface area contributed by atoms with Crippen molar-refractivity contribution < 1.29 is 32.6 Å². The molecule has 0 radical (unpaired) electrons. The molecule has 0 aliphatic carbocycles. The van der Waals surface area contributed by atoms with Crippen molar-refractivity contribution in [2.75, 3.05) is 5.32 Å². The number of rotatable bonds is 4. The standard InChI is InChI=1S/C14H13F3N2O4/c1-8-2-3-11(23-8)13(22,14(15,16)17)6-12(21)19-9-4-5-18-7-10(9)20/h2-5,7,20,22H,6H2,1H3,(H,18,19,21). The highest BCUT2D eigenvalue weighted by Crippen LogP contribution is 2.42. The number of nitrogens with zero attached hydrogens (tertiary/aromatic N) is 1. The maximum Gasteiger partial charge on any atom is 0.425 e. The van der Waals surface area contributed by atoms with Crippen molar-refractivity contribution in [2.45, 2.75) is 25.1 Å². The van der Waals surface area contributed by atoms with Crippen LogP contribution in [0.15, 0.2) is 35.0 Å². The van der Waals surface area contributed by atoms with E-state index in [-0.39, 0.29) is 11.4 Å². The predicted molar refractivity (Wildman–Crippen MR) is 72.5 cm³/mol. The van der Waals surface area contributed by atoms with Gasteiger partial charge in [0.25, 0.3) is 0 Å². The summed E-state index contributed by atoms with van der Waals surface area (Å²) in [5, 5.41) is 21.5. The number of hydrogen-bond donors (Lipinski definition) is 3. The summed E-state index contributed by atoms with van der Waals surface area (Å²) in [6.07, 6.45) is -4.21. The summed E-state index contributed by atoms with van der Waals surface area (Å²) < 4.78 is 44.5. The van der Waals surface area contributed by atoms with Gasteiger partial charge in [-0.2, -0.15) is 13.2 Å². The first-order valence-electron chi connectivity index (χ1n) is 6.42. The number of furan rings is 1. The van der Waals surface area contributed by atoms with Crippen molar-refractivity contribution >= 4 is 11.6 Å². The van der Waals surface area contributed by atoms with Gasteiger partial charge in [-0.1, -0.05) is 0 Å². The maximum atomic E-state index is 13.2. The van der Waals surface area contributed by atoms with Gasteiger partial charge in [-0.3, -0.25) is 9.78 Å². The van der Waals surface area contributed by atoms with Crippen molar-refractivity contribution in [1.82, 2.24) is 4.98 Å². The number of amides is 1. The Balaban J connectivity index is 2.25. The molecule has 0 aliphatic rings. The van der Waals surface area contributed by atoms with Gasteiger partial charge in [0.15, 0.2) is 5.75 Å². The first-order chi connectivity index (χ1) is 10.6. The van der Waals surface area contributed by atoms with Crippen LogP contribution in [0, 0.1) is 6.92 Å². The molecule has 0 spiro atoms. The lowest BCUT2D eigenvalue weighted by atomic mass is 9.95. The fourth-order valence-corrected chi connectivity index (χ4v) is 1.90. The summed E-state index contributed by atoms with van der Waals surface area (Å²) in [5.41, 5.74) is -3.60. The summed E-state index contributed by atoms with van der Waals surface area (Å²) in [6, 6.07) is 3.41. The molecule has 9 heteroatoms. The van der Waals surface area contributed by atoms with Gasteiger partial charge in [-0.05, 0) is 25.1 Å². The Bertz CT molecular complexity index is 714. The highest BCUT2D eigenvalue weighted by molar-refractivity contribution is 5.92. The molecule has 3 N–H and O–H groups in total. The van der Waals surface area contributed by atoms with E-state index >= 15 is 0 Å². The number of pyridine rings is 1. The molecule has 0 aromatic carbocycles. The predicted octanol–water partition coefficient (Wildman–Crippen LogP) is 2.47. The zero-order valence-electron chi connectivity index (χ0n) is 11.9. The number of halogens is 3. The number of hydrogen-bond acceptors (Lipinski definition) is 5. The van der Waals surface area contributed by atoms with Gasteiger partial charge in [-0.25, -0.2) is 0 Å². The monoisotopic (exact) mass is 330 g/mol. The quantitative estimate of drug-likeness (QED) is 0.800. The van der Waals surface area contributed by atoms with Crippen LogP contribution in [-0.4, -0.2) is 27.3 Å². The SMILES string of the molecule is Cc1ccc(C(O)(CC(=O)Nc2ccncc2O)C(F)(F)F)o1. The van der Waals surface area contributed by atoms with E-state index < -0.39 is 35.6 Å². The van der Waals surface area contributed by atoms with Gasteiger partial charge in [0.05, 0.1) is 18.3 Å². The third-order valence-electron chi connectivity index (χ3n) is 3.11. The Hall–Kier alpha value is -2.55. The zero-order chi connectivity index (χ0) is 17.3. The second-order valence-corrected chi connectivity index (χ2v) is 4.89. The number of aliphatic hydroxyl groups is 1. The number of carbonyl (C=O) groups excluding carboxylic acids is 1. The first-order valence-corrected chi connectivity index (χ1v) is 6.42. The van der Waals surface area contributed by atoms with E-state index in [2.05, 4.69) is 10.3 Å². The van der Waals surface area contributed by atoms with Gasteiger partial charge >= 0.3 is 6.18 Å². The minimum Gasteiger partial charge on any atom is -0.504 e. The van der Waals surface area contributed by atoms with Crippen LogP contribution in [0.5, 0.6) is 5.75 Å². The van der Waals surface area contributed by atoms with Crippen LogP contribution < -0.4 is 5.32 Å². The first kappa shape index (κ1) is 16.8. The van der Waals surface area contributed by atoms with Crippen LogP contribution >= 0.6 is 0 Å². The number of aryl methyl sites for hydroxylation is 1. The van der Waals surface area contributed by atoms with Crippen LogP contribution in [0.3, 0.4) is 0 Å². The van der Waals surface area contributed by atoms with E-state index in [1.165, 1.54) is 25.3 Å². The van der Waals surface area contributed by atoms with Crippen molar-refractivity contribution in [3.05, 3.63) is 42.1 Å². The highest BCUT2D eigenvalue weighted by atomic mass is 19.4. The molecule has 2 aromatic heterocycles. The van der Waals surface area contributed by atoms with Gasteiger partial charge in [0, 0.05) is 6.20 Å². The fraction of sp³-hybridized carbons (Fsp3) is 0.286. The minimum absolute atomic E-state index is 0.120. The van der Waals surface area contributed by atoms with Gasteiger partial charge in [-0.15, -0.1) is 0 Å². The molecule has 1 amide bonds. The molecular weight excluding hydrogens is 317 g/mol. The van der Waals surface area contributed by atoms with E-state index in [9.17, 15) is 28.2 Å². The Kier molecular flexibility index (Phi) is 4.33. The largest absolute Gasteiger partial charge is 0.504 e. The van der Waals surface area contributed by atoms with Crippen molar-refractivity contribution in [3.63, 3.8) is 0 Å². The highest BCUT2D eigenvalue weighted by Gasteiger charge is 2.58. The third kappa shape index (κ3) is 3.45. The van der Waals surface area contributed by atoms with Crippen LogP contribution in [0.1, 0.15) is 17.9 Å². The van der Waals surface area contributed by atoms with Crippen molar-refractivity contribution in [3.8, 4) is 5.75 Å². The van der Waals surface area contributed by atoms with E-state index in [1.54, 1.807) is 0 Å². The molecule has 23 heavy (non-hydrogen) atoms. The Labute approximate surface area is 128 Å². The Morgan fingerprint density at radius 3 is 2.57 bits per heavy atom. The van der Waals surface area contributed by atoms with E-state index in [0.717, 1.165) is 12.3 Å². The average molecular weight is 330 g/mol. The van der Waals surface area contributed by atoms with Gasteiger partial charge < -0.3 is 19.9 Å². The average Bonchev–Trinajstić information content (AvgIpc) is 2.87. The number of carbonyl (C=O) groups is 1. The van der Waals surface area contributed by atoms with Crippen LogP contribution in [-0.2, 0) is 10.4 Å². The van der Waals surface area contributed by atoms with Crippen LogP contribution in [0.2, 0.25) is 0 Å². The van der Waals surface area contributed by atoms with Crippen molar-refractivity contribution in [2.24, 2.45) is 0 Å². The zero-order valence-corrected chi connectivity index (χ0v) is 11.9. The maximum absolute atomic E-state index is 13.2. The summed E-state index contributed by atoms with van der Waals surface area (Å²) in [7, 11) is 0. The molecule has 1 atom stereocenters. The molecule has 0 saturated heterocycles. The second-order valence-electron chi connectivity index (χ2n) is 4.89. The molecule has 2 heterocycles. The molecule has 0 aliphatic heterocycles. The molecule has 1 unspecified atom stereocenters. The molecule has 0 bridgehead atoms. The topological polar surface area (TPSA) is 95.6 Å². The van der Waals surface area contributed by atoms with E-state index in [1.807, 2.05) is 0 Å². The number of anilines is 1. The van der Waals surface area contributed by atoms with Crippen LogP contribution in [0.4, 0.5) is 18.9 Å². The van der Waals surface area contributed by atoms with E-state index in [0.29, 0.717) is 0 Å². The molecule has 2 rings (SSSR count). The summed E-state index contributed by atoms with van der Waals surface area (Å²) in [6.45, 7) is 1.41. The normalized spacial score (nSPS) is 14.3. The van der Waals surface area contributed by atoms with Gasteiger partial charge in [0.1, 0.15) is 11.5 Å². The molecule has 124 valence electrons. The fourth-order valence-electron chi connectivity index (χ4n) is 1.90. The smallest absolute Gasteiger partial charge is 0.425 e. The molecule has 2 aromatic rings. The van der Waals surface area contributed by atoms with Crippen LogP contribution in [0.25, 0.3) is 0 Å². The summed E-state index contributed by atoms with van der Waals surface area (Å²) >= 11 is 0.